The molecule has 26 heavy (non-hydrogen) atoms. The summed E-state index contributed by atoms with van der Waals surface area (Å²) >= 11 is 0. The second kappa shape index (κ2) is 7.35. The van der Waals surface area contributed by atoms with Gasteiger partial charge in [-0.1, -0.05) is 30.3 Å². The second-order valence-corrected chi connectivity index (χ2v) is 6.06. The second-order valence-electron chi connectivity index (χ2n) is 6.06. The number of benzene rings is 2. The van der Waals surface area contributed by atoms with Gasteiger partial charge in [0.2, 0.25) is 5.91 Å². The molecule has 1 heterocycles. The maximum absolute atomic E-state index is 13.8. The zero-order chi connectivity index (χ0) is 18.7. The number of rotatable bonds is 5. The van der Waals surface area contributed by atoms with Crippen molar-refractivity contribution in [1.82, 2.24) is 15.5 Å². The Morgan fingerprint density at radius 1 is 1.23 bits per heavy atom. The van der Waals surface area contributed by atoms with Gasteiger partial charge in [-0.2, -0.15) is 0 Å². The molecule has 2 N–H and O–H groups in total. The number of nitrogens with one attached hydrogen (secondary N) is 2. The molecule has 0 aliphatic carbocycles. The Morgan fingerprint density at radius 3 is 2.69 bits per heavy atom. The van der Waals surface area contributed by atoms with E-state index in [-0.39, 0.29) is 30.7 Å². The van der Waals surface area contributed by atoms with Crippen molar-refractivity contribution in [2.24, 2.45) is 0 Å². The normalized spacial score (nSPS) is 14.9. The molecule has 1 fully saturated rings. The van der Waals surface area contributed by atoms with Crippen LogP contribution in [-0.4, -0.2) is 29.3 Å². The van der Waals surface area contributed by atoms with Crippen LogP contribution in [0.5, 0.6) is 0 Å². The molecule has 1 atom stereocenters. The van der Waals surface area contributed by atoms with Crippen LogP contribution < -0.4 is 10.6 Å². The minimum absolute atomic E-state index is 0.0147. The fourth-order valence-corrected chi connectivity index (χ4v) is 2.79. The molecule has 1 aliphatic rings. The van der Waals surface area contributed by atoms with Gasteiger partial charge in [-0.25, -0.2) is 9.18 Å². The average Bonchev–Trinajstić information content (AvgIpc) is 2.94. The lowest BCUT2D eigenvalue weighted by molar-refractivity contribution is -0.125. The molecule has 0 saturated carbocycles. The summed E-state index contributed by atoms with van der Waals surface area (Å²) in [5.41, 5.74) is 1.43. The Hall–Kier alpha value is -3.22. The van der Waals surface area contributed by atoms with Crippen molar-refractivity contribution in [2.45, 2.75) is 19.5 Å². The van der Waals surface area contributed by atoms with Gasteiger partial charge in [0.15, 0.2) is 0 Å². The summed E-state index contributed by atoms with van der Waals surface area (Å²) in [6.07, 6.45) is 0. The van der Waals surface area contributed by atoms with E-state index in [0.717, 1.165) is 4.90 Å². The Morgan fingerprint density at radius 2 is 2.00 bits per heavy atom. The number of imide groups is 1. The van der Waals surface area contributed by atoms with Gasteiger partial charge in [-0.3, -0.25) is 14.5 Å². The zero-order valence-electron chi connectivity index (χ0n) is 14.2. The van der Waals surface area contributed by atoms with Crippen LogP contribution >= 0.6 is 0 Å². The number of hydrogen-bond acceptors (Lipinski definition) is 3. The highest BCUT2D eigenvalue weighted by Crippen LogP contribution is 2.17. The number of hydrogen-bond donors (Lipinski definition) is 2. The molecular weight excluding hydrogens is 337 g/mol. The first-order valence-electron chi connectivity index (χ1n) is 8.18. The van der Waals surface area contributed by atoms with E-state index in [9.17, 15) is 18.8 Å². The number of carbonyl (C=O) groups excluding carboxylic acids is 3. The first kappa shape index (κ1) is 17.6. The molecule has 1 aliphatic heterocycles. The quantitative estimate of drug-likeness (QED) is 0.808. The fourth-order valence-electron chi connectivity index (χ4n) is 2.79. The zero-order valence-corrected chi connectivity index (χ0v) is 14.2. The van der Waals surface area contributed by atoms with Crippen molar-refractivity contribution in [3.8, 4) is 0 Å². The highest BCUT2D eigenvalue weighted by Gasteiger charge is 2.28. The first-order valence-corrected chi connectivity index (χ1v) is 8.18. The average molecular weight is 355 g/mol. The number of nitrogens with zero attached hydrogens (tertiary/aromatic N) is 1. The maximum Gasteiger partial charge on any atom is 0.324 e. The number of halogens is 1. The van der Waals surface area contributed by atoms with E-state index >= 15 is 0 Å². The first-order chi connectivity index (χ1) is 12.5. The SMILES string of the molecule is CC(NC(=O)c1cccc(CN2C(=O)CNC2=O)c1)c1ccccc1F. The van der Waals surface area contributed by atoms with Crippen LogP contribution in [0, 0.1) is 5.82 Å². The van der Waals surface area contributed by atoms with Crippen molar-refractivity contribution in [3.63, 3.8) is 0 Å². The van der Waals surface area contributed by atoms with Crippen molar-refractivity contribution < 1.29 is 18.8 Å². The third-order valence-electron chi connectivity index (χ3n) is 4.19. The number of carbonyl (C=O) groups is 3. The standard InChI is InChI=1S/C19H18FN3O3/c1-12(15-7-2-3-8-16(15)20)22-18(25)14-6-4-5-13(9-14)11-23-17(24)10-21-19(23)26/h2-9,12H,10-11H2,1H3,(H,21,26)(H,22,25). The highest BCUT2D eigenvalue weighted by atomic mass is 19.1. The summed E-state index contributed by atoms with van der Waals surface area (Å²) in [5, 5.41) is 5.20. The molecule has 134 valence electrons. The van der Waals surface area contributed by atoms with Gasteiger partial charge in [0.1, 0.15) is 5.82 Å². The van der Waals surface area contributed by atoms with Gasteiger partial charge in [-0.05, 0) is 30.7 Å². The molecule has 0 bridgehead atoms. The summed E-state index contributed by atoms with van der Waals surface area (Å²) in [4.78, 5) is 36.9. The van der Waals surface area contributed by atoms with E-state index in [4.69, 9.17) is 0 Å². The van der Waals surface area contributed by atoms with Crippen molar-refractivity contribution in [3.05, 3.63) is 71.0 Å². The Labute approximate surface area is 150 Å². The summed E-state index contributed by atoms with van der Waals surface area (Å²) in [5.74, 6) is -1.05. The predicted molar refractivity (Wildman–Crippen MR) is 92.7 cm³/mol. The molecule has 1 unspecified atom stereocenters. The van der Waals surface area contributed by atoms with Crippen molar-refractivity contribution in [1.29, 1.82) is 0 Å². The lowest BCUT2D eigenvalue weighted by atomic mass is 10.1. The van der Waals surface area contributed by atoms with Crippen LogP contribution in [0.15, 0.2) is 48.5 Å². The van der Waals surface area contributed by atoms with Gasteiger partial charge in [0.05, 0.1) is 19.1 Å². The lowest BCUT2D eigenvalue weighted by Gasteiger charge is -2.16. The predicted octanol–water partition coefficient (Wildman–Crippen LogP) is 2.37. The third kappa shape index (κ3) is 3.72. The number of amides is 4. The van der Waals surface area contributed by atoms with Crippen molar-refractivity contribution >= 4 is 17.8 Å². The molecule has 7 heteroatoms. The highest BCUT2D eigenvalue weighted by molar-refractivity contribution is 6.02. The molecule has 0 radical (unpaired) electrons. The molecule has 4 amide bonds. The molecule has 0 spiro atoms. The summed E-state index contributed by atoms with van der Waals surface area (Å²) in [6.45, 7) is 1.78. The number of urea groups is 1. The minimum Gasteiger partial charge on any atom is -0.345 e. The van der Waals surface area contributed by atoms with E-state index < -0.39 is 12.1 Å². The summed E-state index contributed by atoms with van der Waals surface area (Å²) < 4.78 is 13.8. The van der Waals surface area contributed by atoms with Crippen LogP contribution in [0.2, 0.25) is 0 Å². The van der Waals surface area contributed by atoms with E-state index in [1.165, 1.54) is 6.07 Å². The van der Waals surface area contributed by atoms with Gasteiger partial charge in [-0.15, -0.1) is 0 Å². The minimum atomic E-state index is -0.502. The molecule has 3 rings (SSSR count). The Kier molecular flexibility index (Phi) is 4.97. The van der Waals surface area contributed by atoms with Gasteiger partial charge >= 0.3 is 6.03 Å². The topological polar surface area (TPSA) is 78.5 Å². The summed E-state index contributed by atoms with van der Waals surface area (Å²) in [6, 6.07) is 12.0. The molecule has 2 aromatic rings. The van der Waals surface area contributed by atoms with Crippen LogP contribution in [0.1, 0.15) is 34.5 Å². The Balaban J connectivity index is 1.71. The van der Waals surface area contributed by atoms with Gasteiger partial charge in [0, 0.05) is 11.1 Å². The van der Waals surface area contributed by atoms with E-state index in [1.807, 2.05) is 0 Å². The van der Waals surface area contributed by atoms with Gasteiger partial charge in [0.25, 0.3) is 5.91 Å². The largest absolute Gasteiger partial charge is 0.345 e. The van der Waals surface area contributed by atoms with Crippen LogP contribution in [0.25, 0.3) is 0 Å². The molecule has 1 saturated heterocycles. The molecule has 6 nitrogen and oxygen atoms in total. The fraction of sp³-hybridized carbons (Fsp3) is 0.211. The van der Waals surface area contributed by atoms with Crippen molar-refractivity contribution in [2.75, 3.05) is 6.54 Å². The summed E-state index contributed by atoms with van der Waals surface area (Å²) in [7, 11) is 0. The Bertz CT molecular complexity index is 853. The maximum atomic E-state index is 13.8. The molecule has 0 aromatic heterocycles. The van der Waals surface area contributed by atoms with E-state index in [2.05, 4.69) is 10.6 Å². The van der Waals surface area contributed by atoms with Gasteiger partial charge < -0.3 is 10.6 Å². The molecule has 2 aromatic carbocycles. The smallest absolute Gasteiger partial charge is 0.324 e. The van der Waals surface area contributed by atoms with Crippen LogP contribution in [0.4, 0.5) is 9.18 Å². The lowest BCUT2D eigenvalue weighted by Crippen LogP contribution is -2.30. The monoisotopic (exact) mass is 355 g/mol. The van der Waals surface area contributed by atoms with Crippen LogP contribution in [0.3, 0.4) is 0 Å². The van der Waals surface area contributed by atoms with E-state index in [0.29, 0.717) is 16.7 Å². The van der Waals surface area contributed by atoms with E-state index in [1.54, 1.807) is 49.4 Å². The third-order valence-corrected chi connectivity index (χ3v) is 4.19. The molecular formula is C19H18FN3O3. The van der Waals surface area contributed by atoms with Crippen LogP contribution in [-0.2, 0) is 11.3 Å².